The molecule has 3 nitrogen and oxygen atoms in total. The van der Waals surface area contributed by atoms with Crippen molar-refractivity contribution < 1.29 is 9.53 Å². The van der Waals surface area contributed by atoms with Crippen LogP contribution in [0.5, 0.6) is 0 Å². The zero-order valence-electron chi connectivity index (χ0n) is 10.0. The second kappa shape index (κ2) is 6.68. The minimum Gasteiger partial charge on any atom is -0.447 e. The normalized spacial score (nSPS) is 10.8. The molecule has 0 radical (unpaired) electrons. The van der Waals surface area contributed by atoms with Crippen molar-refractivity contribution in [2.45, 2.75) is 47.1 Å². The Labute approximate surface area is 87.4 Å². The van der Waals surface area contributed by atoms with Crippen LogP contribution < -0.4 is 0 Å². The van der Waals surface area contributed by atoms with Crippen molar-refractivity contribution in [2.24, 2.45) is 5.92 Å². The number of rotatable bonds is 5. The van der Waals surface area contributed by atoms with E-state index in [1.54, 1.807) is 4.90 Å². The van der Waals surface area contributed by atoms with E-state index in [-0.39, 0.29) is 12.2 Å². The summed E-state index contributed by atoms with van der Waals surface area (Å²) in [6.07, 6.45) is 0.805. The van der Waals surface area contributed by atoms with Crippen molar-refractivity contribution in [1.29, 1.82) is 0 Å². The lowest BCUT2D eigenvalue weighted by molar-refractivity contribution is 0.0771. The summed E-state index contributed by atoms with van der Waals surface area (Å²) in [6.45, 7) is 11.5. The van der Waals surface area contributed by atoms with Gasteiger partial charge in [0.1, 0.15) is 0 Å². The van der Waals surface area contributed by atoms with E-state index < -0.39 is 0 Å². The first-order valence-electron chi connectivity index (χ1n) is 5.42. The molecule has 0 atom stereocenters. The van der Waals surface area contributed by atoms with E-state index >= 15 is 0 Å². The molecular formula is C11H23NO2. The van der Waals surface area contributed by atoms with E-state index in [0.29, 0.717) is 5.92 Å². The molecule has 0 saturated carbocycles. The lowest BCUT2D eigenvalue weighted by Crippen LogP contribution is -2.34. The smallest absolute Gasteiger partial charge is 0.409 e. The minimum atomic E-state index is -0.192. The average Bonchev–Trinajstić information content (AvgIpc) is 2.03. The van der Waals surface area contributed by atoms with E-state index in [2.05, 4.69) is 13.8 Å². The van der Waals surface area contributed by atoms with Crippen LogP contribution in [-0.4, -0.2) is 30.2 Å². The average molecular weight is 201 g/mol. The SMILES string of the molecule is CCN(CCC(C)C)C(=O)OC(C)C. The second-order valence-electron chi connectivity index (χ2n) is 4.19. The molecule has 0 aromatic rings. The highest BCUT2D eigenvalue weighted by Gasteiger charge is 2.14. The summed E-state index contributed by atoms with van der Waals surface area (Å²) in [5.41, 5.74) is 0. The number of carbonyl (C=O) groups is 1. The molecule has 84 valence electrons. The summed E-state index contributed by atoms with van der Waals surface area (Å²) in [5, 5.41) is 0. The highest BCUT2D eigenvalue weighted by molar-refractivity contribution is 5.67. The number of hydrogen-bond acceptors (Lipinski definition) is 2. The molecule has 1 amide bonds. The van der Waals surface area contributed by atoms with Crippen LogP contribution in [0.3, 0.4) is 0 Å². The Kier molecular flexibility index (Phi) is 6.34. The maximum atomic E-state index is 11.5. The molecule has 0 N–H and O–H groups in total. The summed E-state index contributed by atoms with van der Waals surface area (Å²) in [7, 11) is 0. The van der Waals surface area contributed by atoms with Crippen LogP contribution in [0.2, 0.25) is 0 Å². The Bertz CT molecular complexity index is 167. The van der Waals surface area contributed by atoms with Crippen molar-refractivity contribution in [3.8, 4) is 0 Å². The Morgan fingerprint density at radius 3 is 2.21 bits per heavy atom. The fourth-order valence-electron chi connectivity index (χ4n) is 1.07. The highest BCUT2D eigenvalue weighted by atomic mass is 16.6. The fraction of sp³-hybridized carbons (Fsp3) is 0.909. The topological polar surface area (TPSA) is 29.5 Å². The quantitative estimate of drug-likeness (QED) is 0.684. The van der Waals surface area contributed by atoms with Gasteiger partial charge in [0.2, 0.25) is 0 Å². The van der Waals surface area contributed by atoms with Gasteiger partial charge >= 0.3 is 6.09 Å². The van der Waals surface area contributed by atoms with Crippen LogP contribution in [0.25, 0.3) is 0 Å². The Balaban J connectivity index is 3.93. The van der Waals surface area contributed by atoms with Crippen LogP contribution in [-0.2, 0) is 4.74 Å². The maximum Gasteiger partial charge on any atom is 0.409 e. The summed E-state index contributed by atoms with van der Waals surface area (Å²) < 4.78 is 5.12. The second-order valence-corrected chi connectivity index (χ2v) is 4.19. The monoisotopic (exact) mass is 201 g/mol. The third kappa shape index (κ3) is 5.84. The van der Waals surface area contributed by atoms with Gasteiger partial charge in [0, 0.05) is 13.1 Å². The van der Waals surface area contributed by atoms with Crippen molar-refractivity contribution in [1.82, 2.24) is 4.90 Å². The Morgan fingerprint density at radius 1 is 1.29 bits per heavy atom. The third-order valence-electron chi connectivity index (χ3n) is 1.95. The molecule has 0 spiro atoms. The molecule has 0 fully saturated rings. The molecule has 0 aliphatic carbocycles. The van der Waals surface area contributed by atoms with E-state index in [1.807, 2.05) is 20.8 Å². The summed E-state index contributed by atoms with van der Waals surface area (Å²) in [6, 6.07) is 0. The fourth-order valence-corrected chi connectivity index (χ4v) is 1.07. The number of ether oxygens (including phenoxy) is 1. The highest BCUT2D eigenvalue weighted by Crippen LogP contribution is 2.04. The number of amides is 1. The standard InChI is InChI=1S/C11H23NO2/c1-6-12(8-7-9(2)3)11(13)14-10(4)5/h9-10H,6-8H2,1-5H3. The van der Waals surface area contributed by atoms with Crippen LogP contribution in [0.1, 0.15) is 41.0 Å². The molecule has 0 aliphatic heterocycles. The van der Waals surface area contributed by atoms with Gasteiger partial charge in [-0.05, 0) is 33.1 Å². The maximum absolute atomic E-state index is 11.5. The van der Waals surface area contributed by atoms with Gasteiger partial charge in [-0.15, -0.1) is 0 Å². The molecule has 0 bridgehead atoms. The number of carbonyl (C=O) groups excluding carboxylic acids is 1. The van der Waals surface area contributed by atoms with Crippen molar-refractivity contribution in [3.63, 3.8) is 0 Å². The van der Waals surface area contributed by atoms with Crippen LogP contribution >= 0.6 is 0 Å². The molecule has 0 aliphatic rings. The predicted octanol–water partition coefficient (Wildman–Crippen LogP) is 2.90. The van der Waals surface area contributed by atoms with Crippen molar-refractivity contribution in [3.05, 3.63) is 0 Å². The molecule has 0 unspecified atom stereocenters. The predicted molar refractivity (Wildman–Crippen MR) is 58.3 cm³/mol. The first kappa shape index (κ1) is 13.3. The number of nitrogens with zero attached hydrogens (tertiary/aromatic N) is 1. The van der Waals surface area contributed by atoms with E-state index in [4.69, 9.17) is 4.74 Å². The number of hydrogen-bond donors (Lipinski definition) is 0. The summed E-state index contributed by atoms with van der Waals surface area (Å²) in [4.78, 5) is 13.3. The van der Waals surface area contributed by atoms with Gasteiger partial charge in [0.25, 0.3) is 0 Å². The Morgan fingerprint density at radius 2 is 1.86 bits per heavy atom. The van der Waals surface area contributed by atoms with E-state index in [9.17, 15) is 4.79 Å². The molecule has 0 aromatic heterocycles. The summed E-state index contributed by atoms with van der Waals surface area (Å²) in [5.74, 6) is 0.621. The van der Waals surface area contributed by atoms with Gasteiger partial charge in [-0.2, -0.15) is 0 Å². The zero-order valence-corrected chi connectivity index (χ0v) is 10.0. The van der Waals surface area contributed by atoms with Gasteiger partial charge < -0.3 is 9.64 Å². The van der Waals surface area contributed by atoms with Crippen LogP contribution in [0.4, 0.5) is 4.79 Å². The third-order valence-corrected chi connectivity index (χ3v) is 1.95. The van der Waals surface area contributed by atoms with Crippen LogP contribution in [0.15, 0.2) is 0 Å². The molecule has 14 heavy (non-hydrogen) atoms. The molecule has 0 aromatic carbocycles. The summed E-state index contributed by atoms with van der Waals surface area (Å²) >= 11 is 0. The van der Waals surface area contributed by atoms with Gasteiger partial charge in [-0.1, -0.05) is 13.8 Å². The van der Waals surface area contributed by atoms with Gasteiger partial charge in [0.15, 0.2) is 0 Å². The molecular weight excluding hydrogens is 178 g/mol. The van der Waals surface area contributed by atoms with Crippen molar-refractivity contribution >= 4 is 6.09 Å². The van der Waals surface area contributed by atoms with Crippen LogP contribution in [0, 0.1) is 5.92 Å². The van der Waals surface area contributed by atoms with E-state index in [1.165, 1.54) is 0 Å². The van der Waals surface area contributed by atoms with Crippen molar-refractivity contribution in [2.75, 3.05) is 13.1 Å². The van der Waals surface area contributed by atoms with Gasteiger partial charge in [-0.25, -0.2) is 4.79 Å². The van der Waals surface area contributed by atoms with E-state index in [0.717, 1.165) is 19.5 Å². The van der Waals surface area contributed by atoms with Gasteiger partial charge in [-0.3, -0.25) is 0 Å². The first-order valence-corrected chi connectivity index (χ1v) is 5.42. The largest absolute Gasteiger partial charge is 0.447 e. The zero-order chi connectivity index (χ0) is 11.1. The van der Waals surface area contributed by atoms with Gasteiger partial charge in [0.05, 0.1) is 6.10 Å². The molecule has 0 saturated heterocycles. The molecule has 0 heterocycles. The molecule has 3 heteroatoms. The first-order chi connectivity index (χ1) is 6.47. The lowest BCUT2D eigenvalue weighted by Gasteiger charge is -2.22. The minimum absolute atomic E-state index is 0.0319. The molecule has 0 rings (SSSR count). The lowest BCUT2D eigenvalue weighted by atomic mass is 10.1. The Hall–Kier alpha value is -0.730.